The number of pyridine rings is 1. The summed E-state index contributed by atoms with van der Waals surface area (Å²) in [5.41, 5.74) is 0.908. The van der Waals surface area contributed by atoms with Gasteiger partial charge in [0.1, 0.15) is 6.04 Å². The summed E-state index contributed by atoms with van der Waals surface area (Å²) >= 11 is 0. The molecule has 11 nitrogen and oxygen atoms in total. The summed E-state index contributed by atoms with van der Waals surface area (Å²) in [7, 11) is -4.45. The van der Waals surface area contributed by atoms with Gasteiger partial charge < -0.3 is 9.80 Å². The van der Waals surface area contributed by atoms with Gasteiger partial charge in [0, 0.05) is 51.5 Å². The molecule has 12 heteroatoms. The van der Waals surface area contributed by atoms with E-state index in [0.29, 0.717) is 22.6 Å². The van der Waals surface area contributed by atoms with Crippen molar-refractivity contribution < 1.29 is 13.2 Å². The fraction of sp³-hybridized carbons (Fsp3) is 0.394. The normalized spacial score (nSPS) is 18.7. The Morgan fingerprint density at radius 3 is 2.44 bits per heavy atom. The van der Waals surface area contributed by atoms with Crippen molar-refractivity contribution in [3.8, 4) is 6.07 Å². The number of carbonyl (C=O) groups excluding carboxylic acids is 1. The van der Waals surface area contributed by atoms with E-state index < -0.39 is 21.8 Å². The number of nitrogens with zero attached hydrogens (tertiary/aromatic N) is 7. The quantitative estimate of drug-likeness (QED) is 0.292. The first kappa shape index (κ1) is 30.7. The monoisotopic (exact) mass is 627 g/mol. The van der Waals surface area contributed by atoms with Gasteiger partial charge in [-0.3, -0.25) is 14.3 Å². The first-order valence-electron chi connectivity index (χ1n) is 15.4. The second kappa shape index (κ2) is 12.6. The van der Waals surface area contributed by atoms with Crippen LogP contribution in [0.3, 0.4) is 0 Å². The zero-order valence-electron chi connectivity index (χ0n) is 25.5. The molecule has 2 aromatic carbocycles. The van der Waals surface area contributed by atoms with Crippen LogP contribution in [0.4, 0.5) is 0 Å². The third-order valence-corrected chi connectivity index (χ3v) is 10.5. The van der Waals surface area contributed by atoms with Crippen molar-refractivity contribution in [2.24, 2.45) is 0 Å². The lowest BCUT2D eigenvalue weighted by Crippen LogP contribution is -2.51. The molecular weight excluding hydrogens is 590 g/mol. The van der Waals surface area contributed by atoms with Crippen LogP contribution in [0.5, 0.6) is 0 Å². The number of carbonyl (C=O) groups is 1. The van der Waals surface area contributed by atoms with Gasteiger partial charge in [-0.2, -0.15) is 17.7 Å². The van der Waals surface area contributed by atoms with E-state index in [4.69, 9.17) is 0 Å². The van der Waals surface area contributed by atoms with Gasteiger partial charge >= 0.3 is 5.69 Å². The standard InChI is InChI=1S/C33H37N7O4S/c1-3-14-36-16-18-37(19-17-36)27-13-15-38(23-27)32(41)31(26-7-5-4-6-8-26)39-29-20-25(21-34)10-11-28(29)40(33(39)42)45(43,44)30-12-9-24(2)22-35-30/h4-12,20,22,27,31H,3,13-19,23H2,1-2H3/t27-,31?/m0/s1. The lowest BCUT2D eigenvalue weighted by atomic mass is 10.0. The fourth-order valence-corrected chi connectivity index (χ4v) is 7.88. The Morgan fingerprint density at radius 1 is 1.02 bits per heavy atom. The molecule has 4 aromatic rings. The van der Waals surface area contributed by atoms with Crippen LogP contribution in [-0.2, 0) is 14.8 Å². The Kier molecular flexibility index (Phi) is 8.59. The molecule has 0 bridgehead atoms. The number of aryl methyl sites for hydroxylation is 1. The predicted molar refractivity (Wildman–Crippen MR) is 170 cm³/mol. The number of hydrogen-bond acceptors (Lipinski definition) is 8. The number of amides is 1. The molecule has 234 valence electrons. The molecule has 4 heterocycles. The molecule has 0 radical (unpaired) electrons. The Balaban J connectivity index is 1.43. The first-order valence-corrected chi connectivity index (χ1v) is 16.8. The van der Waals surface area contributed by atoms with E-state index in [0.717, 1.165) is 51.1 Å². The summed E-state index contributed by atoms with van der Waals surface area (Å²) in [6.45, 7) is 10.0. The smallest absolute Gasteiger partial charge is 0.339 e. The average Bonchev–Trinajstić information content (AvgIpc) is 3.66. The van der Waals surface area contributed by atoms with E-state index in [1.54, 1.807) is 42.2 Å². The number of benzene rings is 2. The summed E-state index contributed by atoms with van der Waals surface area (Å²) in [6, 6.07) is 17.4. The van der Waals surface area contributed by atoms with Gasteiger partial charge in [-0.25, -0.2) is 9.78 Å². The molecule has 2 fully saturated rings. The van der Waals surface area contributed by atoms with Crippen LogP contribution < -0.4 is 5.69 Å². The van der Waals surface area contributed by atoms with Gasteiger partial charge in [0.15, 0.2) is 5.03 Å². The molecule has 2 aromatic heterocycles. The largest absolute Gasteiger partial charge is 0.344 e. The van der Waals surface area contributed by atoms with Crippen molar-refractivity contribution >= 4 is 27.0 Å². The lowest BCUT2D eigenvalue weighted by molar-refractivity contribution is -0.132. The van der Waals surface area contributed by atoms with Crippen molar-refractivity contribution in [3.63, 3.8) is 0 Å². The van der Waals surface area contributed by atoms with Gasteiger partial charge in [0.25, 0.3) is 15.9 Å². The van der Waals surface area contributed by atoms with E-state index >= 15 is 0 Å². The topological polar surface area (TPSA) is 125 Å². The summed E-state index contributed by atoms with van der Waals surface area (Å²) < 4.78 is 29.8. The summed E-state index contributed by atoms with van der Waals surface area (Å²) in [5, 5.41) is 9.42. The molecule has 1 unspecified atom stereocenters. The number of aromatic nitrogens is 3. The van der Waals surface area contributed by atoms with Crippen LogP contribution in [0, 0.1) is 18.3 Å². The van der Waals surface area contributed by atoms with Crippen LogP contribution in [0.15, 0.2) is 76.7 Å². The van der Waals surface area contributed by atoms with Gasteiger partial charge in [0.05, 0.1) is 22.7 Å². The molecule has 45 heavy (non-hydrogen) atoms. The number of imidazole rings is 1. The van der Waals surface area contributed by atoms with Gasteiger partial charge in [-0.1, -0.05) is 43.3 Å². The van der Waals surface area contributed by atoms with Crippen LogP contribution in [0.2, 0.25) is 0 Å². The molecule has 0 saturated carbocycles. The molecule has 2 saturated heterocycles. The number of nitriles is 1. The van der Waals surface area contributed by atoms with Crippen molar-refractivity contribution in [2.75, 3.05) is 45.8 Å². The average molecular weight is 628 g/mol. The maximum absolute atomic E-state index is 14.5. The predicted octanol–water partition coefficient (Wildman–Crippen LogP) is 2.83. The maximum Gasteiger partial charge on any atom is 0.344 e. The number of likely N-dealkylation sites (tertiary alicyclic amines) is 1. The molecule has 2 aliphatic rings. The van der Waals surface area contributed by atoms with Crippen molar-refractivity contribution in [2.45, 2.75) is 43.8 Å². The fourth-order valence-electron chi connectivity index (χ4n) is 6.56. The third kappa shape index (κ3) is 5.79. The number of rotatable bonds is 8. The minimum absolute atomic E-state index is 0.0688. The SMILES string of the molecule is CCCN1CCN([C@H]2CCN(C(=O)C(c3ccccc3)n3c(=O)n(S(=O)(=O)c4ccc(C)cn4)c4ccc(C#N)cc43)C2)CC1. The first-order chi connectivity index (χ1) is 21.7. The minimum Gasteiger partial charge on any atom is -0.339 e. The zero-order valence-corrected chi connectivity index (χ0v) is 26.4. The Bertz CT molecular complexity index is 1900. The van der Waals surface area contributed by atoms with E-state index in [2.05, 4.69) is 27.8 Å². The van der Waals surface area contributed by atoms with Gasteiger partial charge in [0.2, 0.25) is 0 Å². The van der Waals surface area contributed by atoms with E-state index in [9.17, 15) is 23.3 Å². The van der Waals surface area contributed by atoms with Crippen LogP contribution in [0.25, 0.3) is 11.0 Å². The zero-order chi connectivity index (χ0) is 31.7. The Hall–Kier alpha value is -4.31. The molecule has 2 aliphatic heterocycles. The van der Waals surface area contributed by atoms with Crippen molar-refractivity contribution in [3.05, 3.63) is 94.0 Å². The van der Waals surface area contributed by atoms with Gasteiger partial charge in [-0.05, 0) is 61.7 Å². The van der Waals surface area contributed by atoms with Crippen LogP contribution in [0.1, 0.15) is 42.5 Å². The number of hydrogen-bond donors (Lipinski definition) is 0. The molecule has 6 rings (SSSR count). The van der Waals surface area contributed by atoms with E-state index in [-0.39, 0.29) is 33.6 Å². The highest BCUT2D eigenvalue weighted by molar-refractivity contribution is 7.90. The number of fused-ring (bicyclic) bond motifs is 1. The maximum atomic E-state index is 14.5. The number of piperazine rings is 1. The molecule has 0 aliphatic carbocycles. The third-order valence-electron chi connectivity index (χ3n) is 8.90. The summed E-state index contributed by atoms with van der Waals surface area (Å²) in [4.78, 5) is 39.7. The van der Waals surface area contributed by atoms with Gasteiger partial charge in [-0.15, -0.1) is 0 Å². The second-order valence-electron chi connectivity index (χ2n) is 11.8. The molecule has 0 spiro atoms. The summed E-state index contributed by atoms with van der Waals surface area (Å²) in [5.74, 6) is -0.289. The highest BCUT2D eigenvalue weighted by atomic mass is 32.2. The highest BCUT2D eigenvalue weighted by Crippen LogP contribution is 2.29. The molecule has 2 atom stereocenters. The van der Waals surface area contributed by atoms with E-state index in [1.165, 1.54) is 35.0 Å². The van der Waals surface area contributed by atoms with Crippen LogP contribution in [-0.4, -0.2) is 94.4 Å². The second-order valence-corrected chi connectivity index (χ2v) is 13.6. The molecule has 0 N–H and O–H groups in total. The van der Waals surface area contributed by atoms with Crippen molar-refractivity contribution in [1.29, 1.82) is 5.26 Å². The Morgan fingerprint density at radius 2 is 1.78 bits per heavy atom. The highest BCUT2D eigenvalue weighted by Gasteiger charge is 2.38. The summed E-state index contributed by atoms with van der Waals surface area (Å²) in [6.07, 6.45) is 3.37. The van der Waals surface area contributed by atoms with Crippen molar-refractivity contribution in [1.82, 2.24) is 28.2 Å². The lowest BCUT2D eigenvalue weighted by Gasteiger charge is -2.38. The molecule has 1 amide bonds. The van der Waals surface area contributed by atoms with Crippen LogP contribution >= 0.6 is 0 Å². The van der Waals surface area contributed by atoms with E-state index in [1.807, 2.05) is 6.07 Å². The Labute approximate surface area is 263 Å². The molecular formula is C33H37N7O4S. The minimum atomic E-state index is -4.45.